The molecule has 0 radical (unpaired) electrons. The van der Waals surface area contributed by atoms with Gasteiger partial charge >= 0.3 is 0 Å². The molecule has 0 saturated carbocycles. The third-order valence-electron chi connectivity index (χ3n) is 3.14. The Morgan fingerprint density at radius 3 is 2.83 bits per heavy atom. The first kappa shape index (κ1) is 11.0. The number of nitrogens with zero attached hydrogens (tertiary/aromatic N) is 2. The molecule has 2 heterocycles. The van der Waals surface area contributed by atoms with Crippen molar-refractivity contribution in [2.24, 2.45) is 0 Å². The zero-order chi connectivity index (χ0) is 12.4. The van der Waals surface area contributed by atoms with Crippen LogP contribution in [0.2, 0.25) is 0 Å². The van der Waals surface area contributed by atoms with E-state index in [0.29, 0.717) is 0 Å². The number of pyridine rings is 1. The second-order valence-electron chi connectivity index (χ2n) is 4.52. The molecule has 0 bridgehead atoms. The molecule has 1 N–H and O–H groups in total. The van der Waals surface area contributed by atoms with Crippen LogP contribution in [0.4, 0.5) is 0 Å². The summed E-state index contributed by atoms with van der Waals surface area (Å²) in [6, 6.07) is 10.3. The van der Waals surface area contributed by atoms with E-state index in [4.69, 9.17) is 0 Å². The molecule has 3 aromatic rings. The lowest BCUT2D eigenvalue weighted by Gasteiger charge is -1.97. The summed E-state index contributed by atoms with van der Waals surface area (Å²) in [5, 5.41) is 0. The van der Waals surface area contributed by atoms with Gasteiger partial charge in [-0.3, -0.25) is 4.98 Å². The minimum Gasteiger partial charge on any atom is -0.342 e. The number of H-pyrrole nitrogens is 1. The first-order valence-corrected chi connectivity index (χ1v) is 6.16. The lowest BCUT2D eigenvalue weighted by Crippen LogP contribution is -1.93. The van der Waals surface area contributed by atoms with Gasteiger partial charge in [-0.25, -0.2) is 4.98 Å². The topological polar surface area (TPSA) is 41.6 Å². The normalized spacial score (nSPS) is 10.9. The fraction of sp³-hybridized carbons (Fsp3) is 0.200. The second-order valence-corrected chi connectivity index (χ2v) is 4.52. The Hall–Kier alpha value is -2.16. The summed E-state index contributed by atoms with van der Waals surface area (Å²) in [7, 11) is 0. The summed E-state index contributed by atoms with van der Waals surface area (Å²) in [4.78, 5) is 12.1. The van der Waals surface area contributed by atoms with Crippen LogP contribution < -0.4 is 0 Å². The predicted molar refractivity (Wildman–Crippen MR) is 72.5 cm³/mol. The Balaban J connectivity index is 1.81. The number of hydrogen-bond donors (Lipinski definition) is 1. The number of aromatic nitrogens is 3. The summed E-state index contributed by atoms with van der Waals surface area (Å²) in [6.07, 6.45) is 5.59. The molecule has 0 aliphatic heterocycles. The molecule has 0 aliphatic rings. The highest BCUT2D eigenvalue weighted by Crippen LogP contribution is 2.16. The molecule has 0 spiro atoms. The maximum atomic E-state index is 4.65. The van der Waals surface area contributed by atoms with Crippen LogP contribution in [0, 0.1) is 6.92 Å². The van der Waals surface area contributed by atoms with E-state index in [9.17, 15) is 0 Å². The van der Waals surface area contributed by atoms with Gasteiger partial charge in [0, 0.05) is 18.8 Å². The summed E-state index contributed by atoms with van der Waals surface area (Å²) in [6.45, 7) is 2.09. The van der Waals surface area contributed by atoms with Gasteiger partial charge in [0.2, 0.25) is 0 Å². The summed E-state index contributed by atoms with van der Waals surface area (Å²) in [5.41, 5.74) is 4.67. The molecule has 0 fully saturated rings. The lowest BCUT2D eigenvalue weighted by molar-refractivity contribution is 0.884. The van der Waals surface area contributed by atoms with Crippen molar-refractivity contribution in [1.29, 1.82) is 0 Å². The van der Waals surface area contributed by atoms with E-state index < -0.39 is 0 Å². The monoisotopic (exact) mass is 237 g/mol. The highest BCUT2D eigenvalue weighted by Gasteiger charge is 2.04. The van der Waals surface area contributed by atoms with Gasteiger partial charge in [0.05, 0.1) is 11.0 Å². The van der Waals surface area contributed by atoms with Gasteiger partial charge < -0.3 is 4.98 Å². The smallest absolute Gasteiger partial charge is 0.107 e. The molecular formula is C15H15N3. The van der Waals surface area contributed by atoms with Crippen LogP contribution in [0.5, 0.6) is 0 Å². The van der Waals surface area contributed by atoms with Crippen molar-refractivity contribution >= 4 is 11.0 Å². The molecule has 3 rings (SSSR count). The van der Waals surface area contributed by atoms with Gasteiger partial charge in [-0.15, -0.1) is 0 Å². The number of nitrogens with one attached hydrogen (secondary N) is 1. The molecule has 0 amide bonds. The Morgan fingerprint density at radius 1 is 1.11 bits per heavy atom. The summed E-state index contributed by atoms with van der Waals surface area (Å²) in [5.74, 6) is 1.04. The van der Waals surface area contributed by atoms with Gasteiger partial charge in [-0.05, 0) is 36.6 Å². The fourth-order valence-corrected chi connectivity index (χ4v) is 2.15. The second kappa shape index (κ2) is 4.61. The number of hydrogen-bond acceptors (Lipinski definition) is 2. The van der Waals surface area contributed by atoms with Crippen LogP contribution in [-0.2, 0) is 12.8 Å². The Bertz CT molecular complexity index is 656. The SMILES string of the molecule is Cc1cccc2[nH]c(CCc3cccnc3)nc12. The van der Waals surface area contributed by atoms with Crippen molar-refractivity contribution in [3.05, 3.63) is 59.7 Å². The van der Waals surface area contributed by atoms with Crippen molar-refractivity contribution in [3.8, 4) is 0 Å². The van der Waals surface area contributed by atoms with Gasteiger partial charge in [-0.1, -0.05) is 18.2 Å². The molecule has 0 aliphatic carbocycles. The van der Waals surface area contributed by atoms with Crippen LogP contribution in [0.3, 0.4) is 0 Å². The average molecular weight is 237 g/mol. The summed E-state index contributed by atoms with van der Waals surface area (Å²) >= 11 is 0. The van der Waals surface area contributed by atoms with Crippen molar-refractivity contribution < 1.29 is 0 Å². The largest absolute Gasteiger partial charge is 0.342 e. The highest BCUT2D eigenvalue weighted by molar-refractivity contribution is 5.78. The number of para-hydroxylation sites is 1. The third kappa shape index (κ3) is 2.12. The fourth-order valence-electron chi connectivity index (χ4n) is 2.15. The number of imidazole rings is 1. The van der Waals surface area contributed by atoms with E-state index in [1.165, 1.54) is 11.1 Å². The van der Waals surface area contributed by atoms with Crippen molar-refractivity contribution in [1.82, 2.24) is 15.0 Å². The van der Waals surface area contributed by atoms with Crippen LogP contribution in [0.1, 0.15) is 17.0 Å². The van der Waals surface area contributed by atoms with Crippen molar-refractivity contribution in [2.75, 3.05) is 0 Å². The average Bonchev–Trinajstić information content (AvgIpc) is 2.82. The lowest BCUT2D eigenvalue weighted by atomic mass is 10.1. The summed E-state index contributed by atoms with van der Waals surface area (Å²) < 4.78 is 0. The van der Waals surface area contributed by atoms with E-state index in [0.717, 1.165) is 29.7 Å². The molecule has 3 nitrogen and oxygen atoms in total. The predicted octanol–water partition coefficient (Wildman–Crippen LogP) is 3.05. The Kier molecular flexibility index (Phi) is 2.81. The first-order chi connectivity index (χ1) is 8.83. The van der Waals surface area contributed by atoms with Crippen molar-refractivity contribution in [3.63, 3.8) is 0 Å². The molecule has 18 heavy (non-hydrogen) atoms. The molecule has 3 heteroatoms. The van der Waals surface area contributed by atoms with Crippen molar-refractivity contribution in [2.45, 2.75) is 19.8 Å². The Labute approximate surface area is 106 Å². The number of aryl methyl sites for hydroxylation is 3. The third-order valence-corrected chi connectivity index (χ3v) is 3.14. The minimum absolute atomic E-state index is 0.916. The van der Waals surface area contributed by atoms with Gasteiger partial charge in [-0.2, -0.15) is 0 Å². The molecule has 0 saturated heterocycles. The highest BCUT2D eigenvalue weighted by atomic mass is 14.9. The quantitative estimate of drug-likeness (QED) is 0.760. The standard InChI is InChI=1S/C15H15N3/c1-11-4-2-6-13-15(11)18-14(17-13)8-7-12-5-3-9-16-10-12/h2-6,9-10H,7-8H2,1H3,(H,17,18). The van der Waals surface area contributed by atoms with E-state index >= 15 is 0 Å². The number of fused-ring (bicyclic) bond motifs is 1. The number of aromatic amines is 1. The molecule has 2 aromatic heterocycles. The van der Waals surface area contributed by atoms with Gasteiger partial charge in [0.1, 0.15) is 5.82 Å². The number of rotatable bonds is 3. The van der Waals surface area contributed by atoms with Crippen LogP contribution in [0.15, 0.2) is 42.7 Å². The minimum atomic E-state index is 0.916. The Morgan fingerprint density at radius 2 is 2.06 bits per heavy atom. The van der Waals surface area contributed by atoms with E-state index in [2.05, 4.69) is 46.1 Å². The van der Waals surface area contributed by atoms with Crippen LogP contribution in [0.25, 0.3) is 11.0 Å². The number of benzene rings is 1. The van der Waals surface area contributed by atoms with Crippen LogP contribution >= 0.6 is 0 Å². The molecule has 0 unspecified atom stereocenters. The van der Waals surface area contributed by atoms with Crippen LogP contribution in [-0.4, -0.2) is 15.0 Å². The zero-order valence-electron chi connectivity index (χ0n) is 10.4. The van der Waals surface area contributed by atoms with Gasteiger partial charge in [0.25, 0.3) is 0 Å². The van der Waals surface area contributed by atoms with E-state index in [-0.39, 0.29) is 0 Å². The molecule has 1 aromatic carbocycles. The first-order valence-electron chi connectivity index (χ1n) is 6.16. The van der Waals surface area contributed by atoms with E-state index in [1.807, 2.05) is 12.3 Å². The molecule has 0 atom stereocenters. The maximum absolute atomic E-state index is 4.65. The maximum Gasteiger partial charge on any atom is 0.107 e. The van der Waals surface area contributed by atoms with Gasteiger partial charge in [0.15, 0.2) is 0 Å². The molecular weight excluding hydrogens is 222 g/mol. The zero-order valence-corrected chi connectivity index (χ0v) is 10.4. The van der Waals surface area contributed by atoms with E-state index in [1.54, 1.807) is 6.20 Å². The molecule has 90 valence electrons.